The lowest BCUT2D eigenvalue weighted by Crippen LogP contribution is -2.87. The number of para-hydroxylation sites is 1. The van der Waals surface area contributed by atoms with Crippen LogP contribution in [-0.4, -0.2) is 12.5 Å². The second-order valence-corrected chi connectivity index (χ2v) is 5.94. The van der Waals surface area contributed by atoms with Crippen LogP contribution in [0.5, 0.6) is 0 Å². The van der Waals surface area contributed by atoms with E-state index in [0.29, 0.717) is 5.76 Å². The third-order valence-corrected chi connectivity index (χ3v) is 4.05. The summed E-state index contributed by atoms with van der Waals surface area (Å²) in [7, 11) is 0. The molecule has 3 rings (SSSR count). The molecular weight excluding hydrogens is 357 g/mol. The van der Waals surface area contributed by atoms with Gasteiger partial charge in [-0.1, -0.05) is 42.5 Å². The van der Waals surface area contributed by atoms with Gasteiger partial charge in [-0.2, -0.15) is 13.2 Å². The van der Waals surface area contributed by atoms with Gasteiger partial charge in [-0.25, -0.2) is 0 Å². The van der Waals surface area contributed by atoms with Crippen molar-refractivity contribution < 1.29 is 27.7 Å². The van der Waals surface area contributed by atoms with E-state index in [0.717, 1.165) is 11.6 Å². The van der Waals surface area contributed by atoms with E-state index in [1.807, 2.05) is 30.3 Å². The molecule has 0 saturated heterocycles. The minimum absolute atomic E-state index is 0.0630. The number of alkyl halides is 3. The van der Waals surface area contributed by atoms with Gasteiger partial charge in [0.05, 0.1) is 17.5 Å². The van der Waals surface area contributed by atoms with Gasteiger partial charge in [0, 0.05) is 5.56 Å². The van der Waals surface area contributed by atoms with Gasteiger partial charge in [-0.05, 0) is 24.3 Å². The van der Waals surface area contributed by atoms with Crippen molar-refractivity contribution >= 4 is 11.6 Å². The molecule has 0 saturated carbocycles. The van der Waals surface area contributed by atoms with Crippen LogP contribution in [0.15, 0.2) is 77.4 Å². The van der Waals surface area contributed by atoms with Crippen molar-refractivity contribution in [1.82, 2.24) is 0 Å². The minimum atomic E-state index is -4.53. The highest BCUT2D eigenvalue weighted by atomic mass is 19.4. The summed E-state index contributed by atoms with van der Waals surface area (Å²) < 4.78 is 44.6. The molecule has 0 bridgehead atoms. The van der Waals surface area contributed by atoms with Crippen LogP contribution in [0.4, 0.5) is 18.9 Å². The number of nitrogens with two attached hydrogens (primary N) is 1. The molecule has 0 unspecified atom stereocenters. The standard InChI is InChI=1S/C20H17F3N2O2/c21-20(22,23)15-9-4-5-10-16(15)25-18(26)13-24-19(17-11-6-12-27-17)14-7-2-1-3-8-14/h1-12,19,24H,13H2,(H,25,26)/p+1/t19-/m1/s1. The highest BCUT2D eigenvalue weighted by molar-refractivity contribution is 5.92. The lowest BCUT2D eigenvalue weighted by molar-refractivity contribution is -0.678. The number of hydrogen-bond acceptors (Lipinski definition) is 2. The van der Waals surface area contributed by atoms with Gasteiger partial charge in [0.25, 0.3) is 5.91 Å². The molecular formula is C20H18F3N2O2+. The summed E-state index contributed by atoms with van der Waals surface area (Å²) in [6.07, 6.45) is -2.99. The number of anilines is 1. The fourth-order valence-corrected chi connectivity index (χ4v) is 2.81. The summed E-state index contributed by atoms with van der Waals surface area (Å²) in [5.41, 5.74) is -0.197. The second-order valence-electron chi connectivity index (χ2n) is 5.94. The topological polar surface area (TPSA) is 58.9 Å². The number of carbonyl (C=O) groups is 1. The number of rotatable bonds is 6. The fraction of sp³-hybridized carbons (Fsp3) is 0.150. The zero-order valence-corrected chi connectivity index (χ0v) is 14.2. The number of amides is 1. The molecule has 4 nitrogen and oxygen atoms in total. The van der Waals surface area contributed by atoms with Crippen LogP contribution in [0.25, 0.3) is 0 Å². The zero-order valence-electron chi connectivity index (χ0n) is 14.2. The predicted octanol–water partition coefficient (Wildman–Crippen LogP) is 3.59. The van der Waals surface area contributed by atoms with Crippen molar-refractivity contribution in [1.29, 1.82) is 0 Å². The second kappa shape index (κ2) is 8.09. The summed E-state index contributed by atoms with van der Waals surface area (Å²) in [6, 6.07) is 17.6. The Bertz CT molecular complexity index is 878. The van der Waals surface area contributed by atoms with E-state index in [2.05, 4.69) is 5.32 Å². The molecule has 0 fully saturated rings. The molecule has 7 heteroatoms. The van der Waals surface area contributed by atoms with Crippen LogP contribution >= 0.6 is 0 Å². The quantitative estimate of drug-likeness (QED) is 0.692. The number of carbonyl (C=O) groups excluding carboxylic acids is 1. The Morgan fingerprint density at radius 1 is 1.00 bits per heavy atom. The molecule has 1 aromatic heterocycles. The first-order valence-corrected chi connectivity index (χ1v) is 8.33. The van der Waals surface area contributed by atoms with Crippen LogP contribution in [0.3, 0.4) is 0 Å². The number of hydrogen-bond donors (Lipinski definition) is 2. The number of benzene rings is 2. The molecule has 27 heavy (non-hydrogen) atoms. The molecule has 2 aromatic carbocycles. The minimum Gasteiger partial charge on any atom is -0.463 e. The SMILES string of the molecule is O=C(C[NH2+][C@H](c1ccccc1)c1ccco1)Nc1ccccc1C(F)(F)F. The molecule has 0 spiro atoms. The highest BCUT2D eigenvalue weighted by Gasteiger charge is 2.33. The van der Waals surface area contributed by atoms with E-state index in [-0.39, 0.29) is 18.3 Å². The first-order valence-electron chi connectivity index (χ1n) is 8.33. The molecule has 1 atom stereocenters. The van der Waals surface area contributed by atoms with Crippen molar-refractivity contribution in [2.75, 3.05) is 11.9 Å². The van der Waals surface area contributed by atoms with Crippen molar-refractivity contribution in [3.05, 3.63) is 89.9 Å². The number of nitrogens with one attached hydrogen (secondary N) is 1. The van der Waals surface area contributed by atoms with Gasteiger partial charge >= 0.3 is 6.18 Å². The lowest BCUT2D eigenvalue weighted by atomic mass is 10.0. The maximum absolute atomic E-state index is 13.0. The zero-order chi connectivity index (χ0) is 19.3. The van der Waals surface area contributed by atoms with E-state index >= 15 is 0 Å². The Morgan fingerprint density at radius 2 is 1.70 bits per heavy atom. The van der Waals surface area contributed by atoms with Crippen LogP contribution in [0.1, 0.15) is 22.9 Å². The Kier molecular flexibility index (Phi) is 5.61. The Morgan fingerprint density at radius 3 is 2.37 bits per heavy atom. The fourth-order valence-electron chi connectivity index (χ4n) is 2.81. The van der Waals surface area contributed by atoms with Gasteiger partial charge in [0.2, 0.25) is 0 Å². The van der Waals surface area contributed by atoms with Gasteiger partial charge in [-0.3, -0.25) is 4.79 Å². The predicted molar refractivity (Wildman–Crippen MR) is 93.9 cm³/mol. The highest BCUT2D eigenvalue weighted by Crippen LogP contribution is 2.34. The molecule has 3 N–H and O–H groups in total. The summed E-state index contributed by atoms with van der Waals surface area (Å²) in [5.74, 6) is 0.129. The van der Waals surface area contributed by atoms with E-state index in [1.54, 1.807) is 23.7 Å². The molecule has 3 aromatic rings. The summed E-state index contributed by atoms with van der Waals surface area (Å²) in [6.45, 7) is -0.0630. The van der Waals surface area contributed by atoms with Crippen LogP contribution in [0, 0.1) is 0 Å². The normalized spacial score (nSPS) is 12.6. The molecule has 0 aliphatic carbocycles. The van der Waals surface area contributed by atoms with Crippen LogP contribution < -0.4 is 10.6 Å². The van der Waals surface area contributed by atoms with E-state index in [1.165, 1.54) is 18.2 Å². The van der Waals surface area contributed by atoms with Crippen LogP contribution in [0.2, 0.25) is 0 Å². The Balaban J connectivity index is 1.71. The first kappa shape index (κ1) is 18.7. The average molecular weight is 375 g/mol. The maximum Gasteiger partial charge on any atom is 0.418 e. The monoisotopic (exact) mass is 375 g/mol. The number of furan rings is 1. The molecule has 0 aliphatic heterocycles. The third-order valence-electron chi connectivity index (χ3n) is 4.05. The van der Waals surface area contributed by atoms with Gasteiger partial charge in [-0.15, -0.1) is 0 Å². The average Bonchev–Trinajstić information content (AvgIpc) is 3.17. The third kappa shape index (κ3) is 4.77. The summed E-state index contributed by atoms with van der Waals surface area (Å²) in [5, 5.41) is 4.07. The smallest absolute Gasteiger partial charge is 0.418 e. The maximum atomic E-state index is 13.0. The van der Waals surface area contributed by atoms with Crippen LogP contribution in [-0.2, 0) is 11.0 Å². The molecule has 1 amide bonds. The molecule has 0 radical (unpaired) electrons. The largest absolute Gasteiger partial charge is 0.463 e. The lowest BCUT2D eigenvalue weighted by Gasteiger charge is -2.15. The van der Waals surface area contributed by atoms with Gasteiger partial charge in [0.15, 0.2) is 18.3 Å². The van der Waals surface area contributed by atoms with Gasteiger partial charge < -0.3 is 15.1 Å². The van der Waals surface area contributed by atoms with E-state index < -0.39 is 17.6 Å². The van der Waals surface area contributed by atoms with Crippen molar-refractivity contribution in [2.24, 2.45) is 0 Å². The number of halogens is 3. The summed E-state index contributed by atoms with van der Waals surface area (Å²) >= 11 is 0. The van der Waals surface area contributed by atoms with Crippen molar-refractivity contribution in [2.45, 2.75) is 12.2 Å². The Hall–Kier alpha value is -3.06. The van der Waals surface area contributed by atoms with Crippen molar-refractivity contribution in [3.63, 3.8) is 0 Å². The summed E-state index contributed by atoms with van der Waals surface area (Å²) in [4.78, 5) is 12.3. The van der Waals surface area contributed by atoms with E-state index in [4.69, 9.17) is 4.42 Å². The molecule has 1 heterocycles. The Labute approximate surface area is 154 Å². The van der Waals surface area contributed by atoms with E-state index in [9.17, 15) is 18.0 Å². The number of quaternary nitrogens is 1. The molecule has 0 aliphatic rings. The first-order chi connectivity index (χ1) is 12.9. The van der Waals surface area contributed by atoms with Gasteiger partial charge in [0.1, 0.15) is 0 Å². The molecule has 140 valence electrons. The van der Waals surface area contributed by atoms with Crippen molar-refractivity contribution in [3.8, 4) is 0 Å².